The molecule has 21 heavy (non-hydrogen) atoms. The van der Waals surface area contributed by atoms with Gasteiger partial charge in [0.15, 0.2) is 5.69 Å². The van der Waals surface area contributed by atoms with E-state index in [-0.39, 0.29) is 12.6 Å². The van der Waals surface area contributed by atoms with Crippen LogP contribution in [0.4, 0.5) is 5.69 Å². The number of halogens is 1. The molecular weight excluding hydrogens is 286 g/mol. The number of ether oxygens (including phenoxy) is 1. The smallest absolute Gasteiger partial charge is 0.339 e. The minimum absolute atomic E-state index is 0.250. The molecule has 4 heteroatoms. The monoisotopic (exact) mass is 295 g/mol. The van der Waals surface area contributed by atoms with Crippen molar-refractivity contribution in [3.05, 3.63) is 76.1 Å². The van der Waals surface area contributed by atoms with Crippen molar-refractivity contribution in [3.8, 4) is 0 Å². The summed E-state index contributed by atoms with van der Waals surface area (Å²) in [6.07, 6.45) is 0. The molecule has 2 aromatic rings. The number of rotatable bonds is 2. The Kier molecular flexibility index (Phi) is 3.47. The van der Waals surface area contributed by atoms with E-state index >= 15 is 0 Å². The van der Waals surface area contributed by atoms with Gasteiger partial charge in [0.2, 0.25) is 0 Å². The van der Waals surface area contributed by atoms with Crippen molar-refractivity contribution in [2.75, 3.05) is 6.61 Å². The number of esters is 1. The van der Waals surface area contributed by atoms with Gasteiger partial charge in [0.25, 0.3) is 0 Å². The van der Waals surface area contributed by atoms with Gasteiger partial charge in [-0.1, -0.05) is 48.0 Å². The number of hydrogen-bond donors (Lipinski definition) is 0. The predicted octanol–water partition coefficient (Wildman–Crippen LogP) is 4.36. The molecule has 0 saturated heterocycles. The predicted molar refractivity (Wildman–Crippen MR) is 81.9 cm³/mol. The molecule has 1 heterocycles. The molecule has 0 aromatic heterocycles. The van der Waals surface area contributed by atoms with E-state index in [9.17, 15) is 4.79 Å². The van der Waals surface area contributed by atoms with Crippen LogP contribution in [0.3, 0.4) is 0 Å². The molecule has 0 fully saturated rings. The maximum Gasteiger partial charge on any atom is 0.339 e. The minimum atomic E-state index is -0.337. The second-order valence-electron chi connectivity index (χ2n) is 4.60. The Hall–Kier alpha value is -2.57. The molecule has 3 nitrogen and oxygen atoms in total. The Balaban J connectivity index is 2.10. The van der Waals surface area contributed by atoms with Crippen molar-refractivity contribution in [2.24, 2.45) is 0 Å². The number of carbonyl (C=O) groups excluding carboxylic acids is 1. The van der Waals surface area contributed by atoms with Gasteiger partial charge in [0, 0.05) is 10.6 Å². The molecule has 0 atom stereocenters. The van der Waals surface area contributed by atoms with Crippen LogP contribution in [0.15, 0.2) is 48.5 Å². The summed E-state index contributed by atoms with van der Waals surface area (Å²) in [6, 6.07) is 14.2. The summed E-state index contributed by atoms with van der Waals surface area (Å²) in [6.45, 7) is 7.22. The maximum absolute atomic E-state index is 12.0. The van der Waals surface area contributed by atoms with E-state index in [1.165, 1.54) is 0 Å². The lowest BCUT2D eigenvalue weighted by Crippen LogP contribution is -1.98. The lowest BCUT2D eigenvalue weighted by atomic mass is 9.96. The quantitative estimate of drug-likeness (QED) is 0.609. The Morgan fingerprint density at radius 2 is 1.62 bits per heavy atom. The topological polar surface area (TPSA) is 30.7 Å². The van der Waals surface area contributed by atoms with E-state index < -0.39 is 0 Å². The van der Waals surface area contributed by atoms with E-state index in [1.54, 1.807) is 36.4 Å². The summed E-state index contributed by atoms with van der Waals surface area (Å²) in [5.74, 6) is -0.337. The molecule has 0 amide bonds. The molecule has 102 valence electrons. The van der Waals surface area contributed by atoms with E-state index in [0.717, 1.165) is 16.7 Å². The number of carbonyl (C=O) groups is 1. The molecule has 0 spiro atoms. The van der Waals surface area contributed by atoms with Gasteiger partial charge < -0.3 is 4.74 Å². The summed E-state index contributed by atoms with van der Waals surface area (Å²) in [5.41, 5.74) is 3.60. The van der Waals surface area contributed by atoms with Crippen LogP contribution in [0.5, 0.6) is 0 Å². The lowest BCUT2D eigenvalue weighted by molar-refractivity contribution is -0.133. The zero-order valence-corrected chi connectivity index (χ0v) is 11.7. The second-order valence-corrected chi connectivity index (χ2v) is 5.03. The number of cyclic esters (lactones) is 1. The standard InChI is InChI=1S/C17H10ClNO2/c1-19-14-8-4-12(5-9-14)16-15(10-21-17(16)20)11-2-6-13(18)7-3-11/h2-9H,10H2. The average molecular weight is 296 g/mol. The van der Waals surface area contributed by atoms with E-state index in [1.807, 2.05) is 12.1 Å². The molecule has 2 aromatic carbocycles. The zero-order valence-electron chi connectivity index (χ0n) is 11.0. The van der Waals surface area contributed by atoms with Gasteiger partial charge >= 0.3 is 5.97 Å². The zero-order chi connectivity index (χ0) is 14.8. The summed E-state index contributed by atoms with van der Waals surface area (Å²) >= 11 is 5.89. The van der Waals surface area contributed by atoms with Crippen molar-refractivity contribution < 1.29 is 9.53 Å². The van der Waals surface area contributed by atoms with Crippen LogP contribution >= 0.6 is 11.6 Å². The van der Waals surface area contributed by atoms with E-state index in [2.05, 4.69) is 4.85 Å². The fourth-order valence-electron chi connectivity index (χ4n) is 2.28. The maximum atomic E-state index is 12.0. The fraction of sp³-hybridized carbons (Fsp3) is 0.0588. The fourth-order valence-corrected chi connectivity index (χ4v) is 2.40. The molecule has 0 aliphatic carbocycles. The Labute approximate surface area is 127 Å². The molecule has 0 radical (unpaired) electrons. The Morgan fingerprint density at radius 3 is 2.24 bits per heavy atom. The molecule has 1 aliphatic heterocycles. The van der Waals surface area contributed by atoms with Crippen LogP contribution in [0.25, 0.3) is 16.0 Å². The SMILES string of the molecule is [C-]#[N+]c1ccc(C2=C(c3ccc(Cl)cc3)COC2=O)cc1. The first-order chi connectivity index (χ1) is 10.2. The van der Waals surface area contributed by atoms with Gasteiger partial charge in [-0.2, -0.15) is 0 Å². The highest BCUT2D eigenvalue weighted by molar-refractivity contribution is 6.31. The molecule has 0 N–H and O–H groups in total. The van der Waals surface area contributed by atoms with Gasteiger partial charge in [-0.15, -0.1) is 0 Å². The third-order valence-electron chi connectivity index (χ3n) is 3.33. The van der Waals surface area contributed by atoms with Crippen molar-refractivity contribution in [2.45, 2.75) is 0 Å². The highest BCUT2D eigenvalue weighted by atomic mass is 35.5. The van der Waals surface area contributed by atoms with Gasteiger partial charge in [0.05, 0.1) is 12.1 Å². The summed E-state index contributed by atoms with van der Waals surface area (Å²) in [7, 11) is 0. The van der Waals surface area contributed by atoms with Crippen molar-refractivity contribution in [1.29, 1.82) is 0 Å². The lowest BCUT2D eigenvalue weighted by Gasteiger charge is -2.05. The third kappa shape index (κ3) is 2.54. The molecule has 0 bridgehead atoms. The largest absolute Gasteiger partial charge is 0.457 e. The highest BCUT2D eigenvalue weighted by Crippen LogP contribution is 2.33. The van der Waals surface area contributed by atoms with Crippen LogP contribution in [0.1, 0.15) is 11.1 Å². The molecule has 0 unspecified atom stereocenters. The van der Waals surface area contributed by atoms with E-state index in [0.29, 0.717) is 16.3 Å². The van der Waals surface area contributed by atoms with Crippen molar-refractivity contribution >= 4 is 34.4 Å². The molecular formula is C17H10ClNO2. The molecule has 1 aliphatic rings. The van der Waals surface area contributed by atoms with Crippen LogP contribution in [-0.2, 0) is 9.53 Å². The van der Waals surface area contributed by atoms with Crippen LogP contribution in [0, 0.1) is 6.57 Å². The average Bonchev–Trinajstić information content (AvgIpc) is 2.90. The van der Waals surface area contributed by atoms with Crippen molar-refractivity contribution in [3.63, 3.8) is 0 Å². The second kappa shape index (κ2) is 5.43. The van der Waals surface area contributed by atoms with Crippen molar-refractivity contribution in [1.82, 2.24) is 0 Å². The Bertz CT molecular complexity index is 768. The first-order valence-corrected chi connectivity index (χ1v) is 6.71. The summed E-state index contributed by atoms with van der Waals surface area (Å²) < 4.78 is 5.17. The molecule has 0 saturated carbocycles. The van der Waals surface area contributed by atoms with Gasteiger partial charge in [-0.3, -0.25) is 0 Å². The normalized spacial score (nSPS) is 14.0. The van der Waals surface area contributed by atoms with Crippen LogP contribution in [-0.4, -0.2) is 12.6 Å². The van der Waals surface area contributed by atoms with Gasteiger partial charge in [-0.05, 0) is 23.3 Å². The van der Waals surface area contributed by atoms with Crippen LogP contribution < -0.4 is 0 Å². The minimum Gasteiger partial charge on any atom is -0.457 e. The number of hydrogen-bond acceptors (Lipinski definition) is 2. The van der Waals surface area contributed by atoms with Crippen LogP contribution in [0.2, 0.25) is 5.02 Å². The first-order valence-electron chi connectivity index (χ1n) is 6.33. The number of benzene rings is 2. The molecule has 3 rings (SSSR count). The highest BCUT2D eigenvalue weighted by Gasteiger charge is 2.27. The van der Waals surface area contributed by atoms with Gasteiger partial charge in [-0.25, -0.2) is 9.64 Å². The third-order valence-corrected chi connectivity index (χ3v) is 3.58. The number of nitrogens with zero attached hydrogens (tertiary/aromatic N) is 1. The van der Waals surface area contributed by atoms with E-state index in [4.69, 9.17) is 22.9 Å². The first kappa shape index (κ1) is 13.4. The summed E-state index contributed by atoms with van der Waals surface area (Å²) in [5, 5.41) is 0.646. The van der Waals surface area contributed by atoms with Gasteiger partial charge in [0.1, 0.15) is 6.61 Å². The summed E-state index contributed by atoms with van der Waals surface area (Å²) in [4.78, 5) is 15.4. The Morgan fingerprint density at radius 1 is 1.00 bits per heavy atom.